The molecule has 2 rings (SSSR count). The van der Waals surface area contributed by atoms with Crippen molar-refractivity contribution < 1.29 is 8.78 Å². The van der Waals surface area contributed by atoms with Crippen LogP contribution in [0.15, 0.2) is 0 Å². The van der Waals surface area contributed by atoms with Crippen LogP contribution in [-0.2, 0) is 0 Å². The maximum absolute atomic E-state index is 13.3. The largest absolute Gasteiger partial charge is 0.260 e. The van der Waals surface area contributed by atoms with Gasteiger partial charge in [-0.05, 0) is 18.8 Å². The molecule has 0 N–H and O–H groups in total. The average molecular weight is 160 g/mol. The summed E-state index contributed by atoms with van der Waals surface area (Å²) in [6.45, 7) is 5.55. The first-order valence-corrected chi connectivity index (χ1v) is 4.28. The van der Waals surface area contributed by atoms with Gasteiger partial charge in [0.15, 0.2) is 0 Å². The van der Waals surface area contributed by atoms with Crippen LogP contribution in [0.5, 0.6) is 0 Å². The number of rotatable bonds is 1. The summed E-state index contributed by atoms with van der Waals surface area (Å²) >= 11 is 0. The highest BCUT2D eigenvalue weighted by atomic mass is 19.3. The topological polar surface area (TPSA) is 0 Å². The number of alkyl halides is 2. The van der Waals surface area contributed by atoms with Gasteiger partial charge in [0.2, 0.25) is 0 Å². The highest BCUT2D eigenvalue weighted by Crippen LogP contribution is 2.88. The predicted octanol–water partition coefficient (Wildman–Crippen LogP) is 3.08. The Labute approximate surface area is 66.0 Å². The van der Waals surface area contributed by atoms with Crippen LogP contribution in [0.25, 0.3) is 0 Å². The summed E-state index contributed by atoms with van der Waals surface area (Å²) in [5, 5.41) is 0. The molecule has 0 nitrogen and oxygen atoms in total. The molecular formula is C9H14F2. The molecule has 1 spiro atoms. The predicted molar refractivity (Wildman–Crippen MR) is 39.6 cm³/mol. The molecule has 1 unspecified atom stereocenters. The molecular weight excluding hydrogens is 146 g/mol. The Morgan fingerprint density at radius 3 is 1.73 bits per heavy atom. The summed E-state index contributed by atoms with van der Waals surface area (Å²) in [6, 6.07) is 0. The lowest BCUT2D eigenvalue weighted by Crippen LogP contribution is -2.13. The molecule has 0 amide bonds. The lowest BCUT2D eigenvalue weighted by Gasteiger charge is -2.14. The first-order chi connectivity index (χ1) is 4.90. The van der Waals surface area contributed by atoms with E-state index >= 15 is 0 Å². The lowest BCUT2D eigenvalue weighted by molar-refractivity contribution is 0.0461. The zero-order valence-corrected chi connectivity index (χ0v) is 7.25. The average Bonchev–Trinajstić information content (AvgIpc) is 2.69. The maximum Gasteiger partial charge on any atom is 0.260 e. The smallest absolute Gasteiger partial charge is 0.206 e. The summed E-state index contributed by atoms with van der Waals surface area (Å²) in [4.78, 5) is 0. The number of hydrogen-bond donors (Lipinski definition) is 0. The van der Waals surface area contributed by atoms with Crippen LogP contribution in [-0.4, -0.2) is 5.92 Å². The molecule has 0 heterocycles. The van der Waals surface area contributed by atoms with Gasteiger partial charge in [0, 0.05) is 10.8 Å². The summed E-state index contributed by atoms with van der Waals surface area (Å²) in [5.41, 5.74) is -1.24. The fourth-order valence-electron chi connectivity index (χ4n) is 2.67. The molecule has 0 radical (unpaired) electrons. The molecule has 0 aromatic rings. The van der Waals surface area contributed by atoms with E-state index in [1.54, 1.807) is 6.92 Å². The first kappa shape index (κ1) is 7.51. The van der Waals surface area contributed by atoms with Crippen molar-refractivity contribution in [1.29, 1.82) is 0 Å². The van der Waals surface area contributed by atoms with Gasteiger partial charge in [0.1, 0.15) is 0 Å². The minimum absolute atomic E-state index is 0.111. The van der Waals surface area contributed by atoms with Crippen LogP contribution in [0.4, 0.5) is 8.78 Å². The first-order valence-electron chi connectivity index (χ1n) is 4.28. The SMILES string of the molecule is CC(C)C1(C)C(F)(F)C12CC2. The molecule has 1 atom stereocenters. The Hall–Kier alpha value is -0.140. The Morgan fingerprint density at radius 2 is 1.64 bits per heavy atom. The van der Waals surface area contributed by atoms with Crippen molar-refractivity contribution in [2.75, 3.05) is 0 Å². The zero-order chi connectivity index (χ0) is 8.49. The molecule has 2 aliphatic rings. The fraction of sp³-hybridized carbons (Fsp3) is 1.00. The zero-order valence-electron chi connectivity index (χ0n) is 7.25. The van der Waals surface area contributed by atoms with Gasteiger partial charge < -0.3 is 0 Å². The van der Waals surface area contributed by atoms with Crippen molar-refractivity contribution in [2.24, 2.45) is 16.7 Å². The van der Waals surface area contributed by atoms with Gasteiger partial charge in [0.25, 0.3) is 5.92 Å². The minimum Gasteiger partial charge on any atom is -0.206 e. The van der Waals surface area contributed by atoms with Crippen LogP contribution in [0.3, 0.4) is 0 Å². The van der Waals surface area contributed by atoms with Crippen molar-refractivity contribution in [3.63, 3.8) is 0 Å². The van der Waals surface area contributed by atoms with Crippen LogP contribution >= 0.6 is 0 Å². The summed E-state index contributed by atoms with van der Waals surface area (Å²) in [6.07, 6.45) is 1.49. The summed E-state index contributed by atoms with van der Waals surface area (Å²) < 4.78 is 26.5. The Morgan fingerprint density at radius 1 is 1.18 bits per heavy atom. The van der Waals surface area contributed by atoms with Crippen molar-refractivity contribution in [2.45, 2.75) is 39.5 Å². The molecule has 0 aromatic heterocycles. The second-order valence-corrected chi connectivity index (χ2v) is 4.51. The van der Waals surface area contributed by atoms with Crippen molar-refractivity contribution in [3.05, 3.63) is 0 Å². The molecule has 0 aromatic carbocycles. The van der Waals surface area contributed by atoms with E-state index in [-0.39, 0.29) is 5.92 Å². The van der Waals surface area contributed by atoms with Crippen molar-refractivity contribution in [3.8, 4) is 0 Å². The van der Waals surface area contributed by atoms with Gasteiger partial charge in [-0.15, -0.1) is 0 Å². The Bertz CT molecular complexity index is 198. The second-order valence-electron chi connectivity index (χ2n) is 4.51. The molecule has 11 heavy (non-hydrogen) atoms. The fourth-order valence-corrected chi connectivity index (χ4v) is 2.67. The third-order valence-corrected chi connectivity index (χ3v) is 4.09. The van der Waals surface area contributed by atoms with Gasteiger partial charge in [0.05, 0.1) is 0 Å². The second kappa shape index (κ2) is 1.48. The van der Waals surface area contributed by atoms with Crippen LogP contribution < -0.4 is 0 Å². The van der Waals surface area contributed by atoms with Crippen molar-refractivity contribution in [1.82, 2.24) is 0 Å². The highest BCUT2D eigenvalue weighted by molar-refractivity contribution is 5.34. The Balaban J connectivity index is 2.32. The van der Waals surface area contributed by atoms with E-state index in [0.717, 1.165) is 12.8 Å². The molecule has 2 aliphatic carbocycles. The van der Waals surface area contributed by atoms with E-state index < -0.39 is 16.8 Å². The van der Waals surface area contributed by atoms with E-state index in [0.29, 0.717) is 0 Å². The third kappa shape index (κ3) is 0.474. The van der Waals surface area contributed by atoms with Gasteiger partial charge in [-0.3, -0.25) is 0 Å². The molecule has 0 aliphatic heterocycles. The van der Waals surface area contributed by atoms with Gasteiger partial charge in [-0.2, -0.15) is 0 Å². The van der Waals surface area contributed by atoms with Crippen LogP contribution in [0.2, 0.25) is 0 Å². The van der Waals surface area contributed by atoms with Gasteiger partial charge in [-0.1, -0.05) is 20.8 Å². The highest BCUT2D eigenvalue weighted by Gasteiger charge is 2.93. The maximum atomic E-state index is 13.3. The van der Waals surface area contributed by atoms with E-state index in [2.05, 4.69) is 0 Å². The van der Waals surface area contributed by atoms with Crippen LogP contribution in [0.1, 0.15) is 33.6 Å². The van der Waals surface area contributed by atoms with Crippen LogP contribution in [0, 0.1) is 16.7 Å². The molecule has 64 valence electrons. The van der Waals surface area contributed by atoms with E-state index in [9.17, 15) is 8.78 Å². The normalized spacial score (nSPS) is 43.1. The van der Waals surface area contributed by atoms with E-state index in [1.165, 1.54) is 0 Å². The van der Waals surface area contributed by atoms with Crippen molar-refractivity contribution >= 4 is 0 Å². The Kier molecular flexibility index (Phi) is 1.01. The molecule has 2 fully saturated rings. The molecule has 2 saturated carbocycles. The summed E-state index contributed by atoms with van der Waals surface area (Å²) in [7, 11) is 0. The van der Waals surface area contributed by atoms with Gasteiger partial charge in [-0.25, -0.2) is 8.78 Å². The lowest BCUT2D eigenvalue weighted by atomic mass is 9.91. The summed E-state index contributed by atoms with van der Waals surface area (Å²) in [5.74, 6) is -2.26. The van der Waals surface area contributed by atoms with E-state index in [4.69, 9.17) is 0 Å². The molecule has 0 saturated heterocycles. The van der Waals surface area contributed by atoms with E-state index in [1.807, 2.05) is 13.8 Å². The molecule has 2 heteroatoms. The minimum atomic E-state index is -2.37. The monoisotopic (exact) mass is 160 g/mol. The van der Waals surface area contributed by atoms with Gasteiger partial charge >= 0.3 is 0 Å². The standard InChI is InChI=1S/C9H14F2/c1-6(2)7(3)8(4-5-8)9(7,10)11/h6H,4-5H2,1-3H3. The number of halogens is 2. The molecule has 0 bridgehead atoms. The quantitative estimate of drug-likeness (QED) is 0.553. The third-order valence-electron chi connectivity index (χ3n) is 4.09. The number of hydrogen-bond acceptors (Lipinski definition) is 0.